The SMILES string of the molecule is CC(C)(C)c1cc2cc(c1)Cn1c[n+](c(C(C)(C)C)c1C(C)(C)C)Cc1cc(cc(C(C)(C)C)c1)Cc1nc(n[nH]1)Cc1cc(cc(C(C)(C)C)c1)C[n+]1cn(c(C(C)(C)C)c1C(C)(C)C)Cc1cc(cc(C(C)(C)C)c1)Cc1nc(n[nH]1)C2. The molecule has 2 N–H and O–H groups in total. The molecule has 10 nitrogen and oxygen atoms in total. The lowest BCUT2D eigenvalue weighted by Crippen LogP contribution is -2.42. The number of nitrogens with one attached hydrogen (secondary N) is 2. The zero-order valence-corrected chi connectivity index (χ0v) is 56.3. The van der Waals surface area contributed by atoms with Gasteiger partial charge in [0, 0.05) is 47.3 Å². The van der Waals surface area contributed by atoms with E-state index >= 15 is 0 Å². The van der Waals surface area contributed by atoms with Crippen LogP contribution in [0.3, 0.4) is 0 Å². The molecule has 1 aliphatic rings. The van der Waals surface area contributed by atoms with Gasteiger partial charge in [0.25, 0.3) is 0 Å². The Morgan fingerprint density at radius 3 is 0.881 bits per heavy atom. The highest BCUT2D eigenvalue weighted by molar-refractivity contribution is 5.41. The molecular formula is C74H104N10+2. The minimum Gasteiger partial charge on any atom is -0.263 e. The van der Waals surface area contributed by atoms with Gasteiger partial charge in [-0.05, 0) is 88.4 Å². The minimum atomic E-state index is -0.134. The van der Waals surface area contributed by atoms with Gasteiger partial charge < -0.3 is 0 Å². The Hall–Kier alpha value is -6.42. The molecule has 4 aromatic carbocycles. The zero-order valence-electron chi connectivity index (χ0n) is 56.3. The van der Waals surface area contributed by atoms with Gasteiger partial charge in [0.1, 0.15) is 37.8 Å². The number of H-pyrrole nitrogens is 2. The number of benzene rings is 4. The fourth-order valence-electron chi connectivity index (χ4n) is 12.8. The van der Waals surface area contributed by atoms with Gasteiger partial charge in [-0.1, -0.05) is 239 Å². The molecule has 0 spiro atoms. The fraction of sp³-hybridized carbons (Fsp3) is 0.541. The first-order valence-corrected chi connectivity index (χ1v) is 31.2. The van der Waals surface area contributed by atoms with Crippen molar-refractivity contribution in [2.75, 3.05) is 0 Å². The number of imidazole rings is 2. The van der Waals surface area contributed by atoms with Crippen LogP contribution in [0.25, 0.3) is 0 Å². The molecule has 0 atom stereocenters. The van der Waals surface area contributed by atoms with E-state index in [-0.39, 0.29) is 43.3 Å². The van der Waals surface area contributed by atoms with Crippen molar-refractivity contribution in [1.82, 2.24) is 39.5 Å². The van der Waals surface area contributed by atoms with E-state index in [2.05, 4.69) is 280 Å². The predicted molar refractivity (Wildman–Crippen MR) is 345 cm³/mol. The smallest absolute Gasteiger partial charge is 0.244 e. The summed E-state index contributed by atoms with van der Waals surface area (Å²) in [7, 11) is 0. The molecule has 84 heavy (non-hydrogen) atoms. The van der Waals surface area contributed by atoms with Crippen LogP contribution >= 0.6 is 0 Å². The van der Waals surface area contributed by atoms with Gasteiger partial charge in [0.05, 0.1) is 0 Å². The first-order valence-electron chi connectivity index (χ1n) is 31.2. The number of aromatic nitrogens is 10. The Kier molecular flexibility index (Phi) is 16.1. The maximum Gasteiger partial charge on any atom is 0.244 e. The Bertz CT molecular complexity index is 3220. The molecule has 0 amide bonds. The van der Waals surface area contributed by atoms with E-state index in [1.807, 2.05) is 0 Å². The molecule has 1 aliphatic heterocycles. The highest BCUT2D eigenvalue weighted by atomic mass is 15.2. The summed E-state index contributed by atoms with van der Waals surface area (Å²) >= 11 is 0. The fourth-order valence-corrected chi connectivity index (χ4v) is 12.8. The van der Waals surface area contributed by atoms with Crippen molar-refractivity contribution in [1.29, 1.82) is 0 Å². The average Bonchev–Trinajstić information content (AvgIpc) is 2.95. The highest BCUT2D eigenvalue weighted by Crippen LogP contribution is 2.37. The molecule has 448 valence electrons. The summed E-state index contributed by atoms with van der Waals surface area (Å²) in [5.74, 6) is 3.39. The molecule has 5 heterocycles. The van der Waals surface area contributed by atoms with Gasteiger partial charge in [0.2, 0.25) is 12.7 Å². The summed E-state index contributed by atoms with van der Waals surface area (Å²) in [5, 5.41) is 16.7. The van der Waals surface area contributed by atoms with Crippen molar-refractivity contribution in [3.05, 3.63) is 198 Å². The van der Waals surface area contributed by atoms with Crippen LogP contribution in [0.4, 0.5) is 0 Å². The second-order valence-corrected chi connectivity index (χ2v) is 33.4. The Labute approximate surface area is 505 Å². The Morgan fingerprint density at radius 2 is 0.595 bits per heavy atom. The van der Waals surface area contributed by atoms with Crippen molar-refractivity contribution < 1.29 is 9.13 Å². The van der Waals surface area contributed by atoms with Gasteiger partial charge in [-0.15, -0.1) is 0 Å². The van der Waals surface area contributed by atoms with Crippen molar-refractivity contribution in [2.45, 2.75) is 261 Å². The molecule has 0 unspecified atom stereocenters. The van der Waals surface area contributed by atoms with E-state index in [9.17, 15) is 0 Å². The number of hydrogen-bond acceptors (Lipinski definition) is 4. The van der Waals surface area contributed by atoms with Crippen molar-refractivity contribution in [2.24, 2.45) is 0 Å². The molecule has 0 fully saturated rings. The Balaban J connectivity index is 1.22. The normalized spacial score (nSPS) is 14.8. The van der Waals surface area contributed by atoms with Gasteiger partial charge in [0.15, 0.2) is 34.4 Å². The van der Waals surface area contributed by atoms with Gasteiger partial charge in [-0.3, -0.25) is 10.2 Å². The first-order chi connectivity index (χ1) is 38.5. The third-order valence-corrected chi connectivity index (χ3v) is 16.7. The van der Waals surface area contributed by atoms with E-state index in [0.29, 0.717) is 25.7 Å². The van der Waals surface area contributed by atoms with Crippen LogP contribution in [-0.4, -0.2) is 39.5 Å². The largest absolute Gasteiger partial charge is 0.263 e. The van der Waals surface area contributed by atoms with Crippen LogP contribution in [0, 0.1) is 0 Å². The lowest BCUT2D eigenvalue weighted by atomic mass is 9.81. The number of nitrogens with zero attached hydrogens (tertiary/aromatic N) is 8. The quantitative estimate of drug-likeness (QED) is 0.148. The molecule has 10 heteroatoms. The van der Waals surface area contributed by atoms with Crippen LogP contribution in [0.15, 0.2) is 85.5 Å². The summed E-state index contributed by atoms with van der Waals surface area (Å²) in [6.45, 7) is 59.3. The lowest BCUT2D eigenvalue weighted by molar-refractivity contribution is -0.698. The molecule has 9 rings (SSSR count). The summed E-state index contributed by atoms with van der Waals surface area (Å²) in [6, 6.07) is 28.9. The van der Waals surface area contributed by atoms with Crippen LogP contribution in [0.1, 0.15) is 279 Å². The van der Waals surface area contributed by atoms with Crippen molar-refractivity contribution in [3.63, 3.8) is 0 Å². The zero-order chi connectivity index (χ0) is 61.7. The summed E-state index contributed by atoms with van der Waals surface area (Å²) < 4.78 is 10.2. The molecule has 0 saturated heterocycles. The van der Waals surface area contributed by atoms with E-state index in [1.165, 1.54) is 89.5 Å². The predicted octanol–water partition coefficient (Wildman–Crippen LogP) is 15.4. The first kappa shape index (κ1) is 62.1. The lowest BCUT2D eigenvalue weighted by Gasteiger charge is -2.25. The standard InChI is InChI=1S/C74H104N10/c1-67(2,3)55-29-47-25-51(33-55)41-81-45-82(64(72(16,17)18)63(81)71(13,14)15)42-52-27-49(31-57(34-52)69(7,8)9)39-61-76-62(80-79-61)40-50-28-54(36-58(32-50)70(10,11)12)44-84-46-83(65(73(19,20)21)66(84)74(22,23)24)43-53-26-48(30-56(35-53)68(4,5)6)38-60-75-59(37-47)77-78-60/h25-36,45-46H,37-44H2,1-24H3,(H,75,77,78)(H,76,79,80)/q+2. The summed E-state index contributed by atoms with van der Waals surface area (Å²) in [6.07, 6.45) is 7.39. The molecule has 8 aromatic rings. The van der Waals surface area contributed by atoms with E-state index in [0.717, 1.165) is 49.5 Å². The number of rotatable bonds is 0. The topological polar surface area (TPSA) is 101 Å². The monoisotopic (exact) mass is 1130 g/mol. The van der Waals surface area contributed by atoms with E-state index in [4.69, 9.17) is 20.2 Å². The average molecular weight is 1130 g/mol. The number of hydrogen-bond donors (Lipinski definition) is 2. The molecular weight excluding hydrogens is 1030 g/mol. The minimum absolute atomic E-state index is 0.0596. The van der Waals surface area contributed by atoms with Crippen molar-refractivity contribution in [3.8, 4) is 0 Å². The third kappa shape index (κ3) is 14.3. The molecule has 0 aliphatic carbocycles. The van der Waals surface area contributed by atoms with Crippen LogP contribution < -0.4 is 9.13 Å². The van der Waals surface area contributed by atoms with Crippen LogP contribution in [0.2, 0.25) is 0 Å². The summed E-state index contributed by atoms with van der Waals surface area (Å²) in [4.78, 5) is 10.5. The maximum absolute atomic E-state index is 5.26. The third-order valence-electron chi connectivity index (χ3n) is 16.7. The van der Waals surface area contributed by atoms with Crippen molar-refractivity contribution >= 4 is 0 Å². The molecule has 0 radical (unpaired) electrons. The van der Waals surface area contributed by atoms with E-state index in [1.54, 1.807) is 0 Å². The maximum atomic E-state index is 5.26. The molecule has 4 aromatic heterocycles. The van der Waals surface area contributed by atoms with Crippen LogP contribution in [-0.2, 0) is 95.2 Å². The van der Waals surface area contributed by atoms with Gasteiger partial charge in [-0.2, -0.15) is 10.2 Å². The summed E-state index contributed by atoms with van der Waals surface area (Å²) in [5.41, 5.74) is 20.0. The van der Waals surface area contributed by atoms with Gasteiger partial charge in [-0.25, -0.2) is 28.2 Å². The molecule has 16 bridgehead atoms. The molecule has 0 saturated carbocycles. The number of aromatic amines is 2. The van der Waals surface area contributed by atoms with Crippen LogP contribution in [0.5, 0.6) is 0 Å². The second kappa shape index (κ2) is 21.8. The Morgan fingerprint density at radius 1 is 0.321 bits per heavy atom. The highest BCUT2D eigenvalue weighted by Gasteiger charge is 2.41. The van der Waals surface area contributed by atoms with E-state index < -0.39 is 0 Å². The second-order valence-electron chi connectivity index (χ2n) is 33.4. The number of fused-ring (bicyclic) bond motifs is 16. The van der Waals surface area contributed by atoms with Gasteiger partial charge >= 0.3 is 0 Å².